The zero-order valence-electron chi connectivity index (χ0n) is 11.9. The topological polar surface area (TPSA) is 63.8 Å². The first-order valence-corrected chi connectivity index (χ1v) is 8.42. The highest BCUT2D eigenvalue weighted by atomic mass is 32.2. The first-order chi connectivity index (χ1) is 9.21. The molecule has 1 fully saturated rings. The summed E-state index contributed by atoms with van der Waals surface area (Å²) in [7, 11) is 0. The number of aryl methyl sites for hydroxylation is 1. The highest BCUT2D eigenvalue weighted by Crippen LogP contribution is 2.28. The van der Waals surface area contributed by atoms with Gasteiger partial charge in [0, 0.05) is 23.8 Å². The summed E-state index contributed by atoms with van der Waals surface area (Å²) in [6.07, 6.45) is 9.21. The lowest BCUT2D eigenvalue weighted by Gasteiger charge is -2.29. The average molecular weight is 280 g/mol. The van der Waals surface area contributed by atoms with Gasteiger partial charge in [0.25, 0.3) is 0 Å². The van der Waals surface area contributed by atoms with E-state index in [-0.39, 0.29) is 0 Å². The normalized spacial score (nSPS) is 23.3. The molecule has 0 saturated heterocycles. The van der Waals surface area contributed by atoms with Crippen molar-refractivity contribution < 1.29 is 0 Å². The maximum absolute atomic E-state index is 5.85. The summed E-state index contributed by atoms with van der Waals surface area (Å²) in [6, 6.07) is 2.37. The molecule has 1 aliphatic rings. The van der Waals surface area contributed by atoms with Crippen LogP contribution in [0, 0.1) is 0 Å². The van der Waals surface area contributed by atoms with Crippen LogP contribution >= 0.6 is 11.8 Å². The van der Waals surface area contributed by atoms with Gasteiger partial charge in [-0.1, -0.05) is 13.3 Å². The molecule has 0 aliphatic heterocycles. The van der Waals surface area contributed by atoms with Crippen LogP contribution in [0.25, 0.3) is 0 Å². The molecule has 1 heterocycles. The summed E-state index contributed by atoms with van der Waals surface area (Å²) in [5.74, 6) is 2.31. The first kappa shape index (κ1) is 14.4. The van der Waals surface area contributed by atoms with Crippen molar-refractivity contribution in [3.8, 4) is 0 Å². The molecular weight excluding hydrogens is 256 g/mol. The molecule has 1 saturated carbocycles. The Labute approximate surface area is 120 Å². The van der Waals surface area contributed by atoms with Crippen LogP contribution in [0.4, 0.5) is 11.6 Å². The Hall–Kier alpha value is -0.970. The number of anilines is 2. The standard InChI is InChI=1S/C14H24N4S/c1-3-5-13-17-12(15)9-14(18-13)16-10-6-4-7-11(8-10)19-2/h9-11H,3-8H2,1-2H3,(H3,15,16,17,18). The van der Waals surface area contributed by atoms with Crippen molar-refractivity contribution in [2.24, 2.45) is 0 Å². The fourth-order valence-electron chi connectivity index (χ4n) is 2.63. The minimum Gasteiger partial charge on any atom is -0.384 e. The van der Waals surface area contributed by atoms with E-state index in [0.717, 1.165) is 29.7 Å². The van der Waals surface area contributed by atoms with Gasteiger partial charge in [-0.05, 0) is 31.9 Å². The van der Waals surface area contributed by atoms with Crippen molar-refractivity contribution in [3.05, 3.63) is 11.9 Å². The lowest BCUT2D eigenvalue weighted by Crippen LogP contribution is -2.29. The van der Waals surface area contributed by atoms with Gasteiger partial charge in [0.15, 0.2) is 0 Å². The quantitative estimate of drug-likeness (QED) is 0.867. The molecular formula is C14H24N4S. The number of aromatic nitrogens is 2. The molecule has 19 heavy (non-hydrogen) atoms. The van der Waals surface area contributed by atoms with Crippen molar-refractivity contribution >= 4 is 23.4 Å². The van der Waals surface area contributed by atoms with E-state index in [9.17, 15) is 0 Å². The molecule has 0 spiro atoms. The number of nitrogens with zero attached hydrogens (tertiary/aromatic N) is 2. The fraction of sp³-hybridized carbons (Fsp3) is 0.714. The molecule has 5 heteroatoms. The van der Waals surface area contributed by atoms with Crippen LogP contribution < -0.4 is 11.1 Å². The molecule has 1 aromatic rings. The van der Waals surface area contributed by atoms with Gasteiger partial charge in [0.1, 0.15) is 17.5 Å². The largest absolute Gasteiger partial charge is 0.384 e. The monoisotopic (exact) mass is 280 g/mol. The van der Waals surface area contributed by atoms with Crippen molar-refractivity contribution in [1.29, 1.82) is 0 Å². The van der Waals surface area contributed by atoms with Crippen LogP contribution in [0.1, 0.15) is 44.9 Å². The van der Waals surface area contributed by atoms with E-state index in [4.69, 9.17) is 5.73 Å². The molecule has 0 amide bonds. The maximum Gasteiger partial charge on any atom is 0.133 e. The lowest BCUT2D eigenvalue weighted by atomic mass is 9.95. The molecule has 2 atom stereocenters. The number of rotatable bonds is 5. The van der Waals surface area contributed by atoms with Gasteiger partial charge >= 0.3 is 0 Å². The van der Waals surface area contributed by atoms with Gasteiger partial charge in [-0.15, -0.1) is 0 Å². The smallest absolute Gasteiger partial charge is 0.133 e. The number of hydrogen-bond acceptors (Lipinski definition) is 5. The van der Waals surface area contributed by atoms with Gasteiger partial charge in [-0.2, -0.15) is 11.8 Å². The first-order valence-electron chi connectivity index (χ1n) is 7.14. The van der Waals surface area contributed by atoms with E-state index >= 15 is 0 Å². The van der Waals surface area contributed by atoms with Crippen LogP contribution in [-0.4, -0.2) is 27.5 Å². The predicted molar refractivity (Wildman–Crippen MR) is 83.6 cm³/mol. The summed E-state index contributed by atoms with van der Waals surface area (Å²) in [6.45, 7) is 2.13. The summed E-state index contributed by atoms with van der Waals surface area (Å²) >= 11 is 1.98. The van der Waals surface area contributed by atoms with Crippen LogP contribution in [0.3, 0.4) is 0 Å². The molecule has 2 rings (SSSR count). The number of hydrogen-bond donors (Lipinski definition) is 2. The molecule has 0 radical (unpaired) electrons. The molecule has 1 aliphatic carbocycles. The number of nitrogen functional groups attached to an aromatic ring is 1. The van der Waals surface area contributed by atoms with Gasteiger partial charge in [0.2, 0.25) is 0 Å². The van der Waals surface area contributed by atoms with Gasteiger partial charge < -0.3 is 11.1 Å². The second-order valence-corrected chi connectivity index (χ2v) is 6.35. The zero-order valence-corrected chi connectivity index (χ0v) is 12.7. The van der Waals surface area contributed by atoms with Crippen molar-refractivity contribution in [2.45, 2.75) is 56.7 Å². The number of nitrogens with one attached hydrogen (secondary N) is 1. The van der Waals surface area contributed by atoms with Crippen LogP contribution in [0.2, 0.25) is 0 Å². The summed E-state index contributed by atoms with van der Waals surface area (Å²) in [4.78, 5) is 8.83. The maximum atomic E-state index is 5.85. The predicted octanol–water partition coefficient (Wildman–Crippen LogP) is 3.10. The Kier molecular flexibility index (Phi) is 5.31. The van der Waals surface area contributed by atoms with Gasteiger partial charge in [-0.3, -0.25) is 0 Å². The molecule has 0 bridgehead atoms. The minimum atomic E-state index is 0.523. The Bertz CT molecular complexity index is 410. The van der Waals surface area contributed by atoms with Crippen molar-refractivity contribution in [3.63, 3.8) is 0 Å². The average Bonchev–Trinajstić information content (AvgIpc) is 2.38. The van der Waals surface area contributed by atoms with Gasteiger partial charge in [-0.25, -0.2) is 9.97 Å². The highest BCUT2D eigenvalue weighted by Gasteiger charge is 2.21. The van der Waals surface area contributed by atoms with E-state index < -0.39 is 0 Å². The van der Waals surface area contributed by atoms with Gasteiger partial charge in [0.05, 0.1) is 0 Å². The summed E-state index contributed by atoms with van der Waals surface area (Å²) < 4.78 is 0. The van der Waals surface area contributed by atoms with Crippen molar-refractivity contribution in [1.82, 2.24) is 9.97 Å². The fourth-order valence-corrected chi connectivity index (χ4v) is 3.45. The second-order valence-electron chi connectivity index (χ2n) is 5.21. The number of nitrogens with two attached hydrogens (primary N) is 1. The molecule has 3 N–H and O–H groups in total. The Morgan fingerprint density at radius 3 is 3.00 bits per heavy atom. The Balaban J connectivity index is 2.01. The van der Waals surface area contributed by atoms with E-state index in [2.05, 4.69) is 28.5 Å². The third kappa shape index (κ3) is 4.27. The lowest BCUT2D eigenvalue weighted by molar-refractivity contribution is 0.472. The molecule has 4 nitrogen and oxygen atoms in total. The van der Waals surface area contributed by atoms with E-state index in [0.29, 0.717) is 11.9 Å². The third-order valence-electron chi connectivity index (χ3n) is 3.58. The van der Waals surface area contributed by atoms with Crippen LogP contribution in [0.15, 0.2) is 6.07 Å². The minimum absolute atomic E-state index is 0.523. The SMILES string of the molecule is CCCc1nc(N)cc(NC2CCCC(SC)C2)n1. The number of thioether (sulfide) groups is 1. The van der Waals surface area contributed by atoms with Crippen LogP contribution in [-0.2, 0) is 6.42 Å². The molecule has 2 unspecified atom stereocenters. The molecule has 1 aromatic heterocycles. The molecule has 0 aromatic carbocycles. The highest BCUT2D eigenvalue weighted by molar-refractivity contribution is 7.99. The van der Waals surface area contributed by atoms with E-state index in [1.807, 2.05) is 17.8 Å². The summed E-state index contributed by atoms with van der Waals surface area (Å²) in [5.41, 5.74) is 5.85. The second kappa shape index (κ2) is 6.98. The Morgan fingerprint density at radius 1 is 1.42 bits per heavy atom. The van der Waals surface area contributed by atoms with Crippen LogP contribution in [0.5, 0.6) is 0 Å². The molecule has 106 valence electrons. The van der Waals surface area contributed by atoms with E-state index in [1.54, 1.807) is 0 Å². The Morgan fingerprint density at radius 2 is 2.26 bits per heavy atom. The third-order valence-corrected chi connectivity index (χ3v) is 4.67. The summed E-state index contributed by atoms with van der Waals surface area (Å²) in [5, 5.41) is 4.32. The van der Waals surface area contributed by atoms with E-state index in [1.165, 1.54) is 25.7 Å². The van der Waals surface area contributed by atoms with Crippen molar-refractivity contribution in [2.75, 3.05) is 17.3 Å². The zero-order chi connectivity index (χ0) is 13.7.